The number of nitrogens with zero attached hydrogens (tertiary/aromatic N) is 3. The lowest BCUT2D eigenvalue weighted by Gasteiger charge is -2.51. The maximum Gasteiger partial charge on any atom is 0.268 e. The number of rotatable bonds is 4. The Morgan fingerprint density at radius 1 is 1.29 bits per heavy atom. The van der Waals surface area contributed by atoms with Gasteiger partial charge in [0.2, 0.25) is 0 Å². The van der Waals surface area contributed by atoms with E-state index in [0.29, 0.717) is 12.0 Å². The topological polar surface area (TPSA) is 50.2 Å². The van der Waals surface area contributed by atoms with Crippen molar-refractivity contribution >= 4 is 5.91 Å². The van der Waals surface area contributed by atoms with E-state index in [1.807, 2.05) is 48.4 Å². The van der Waals surface area contributed by atoms with Crippen molar-refractivity contribution in [3.8, 4) is 0 Å². The fourth-order valence-corrected chi connectivity index (χ4v) is 4.30. The molecule has 0 radical (unpaired) electrons. The third-order valence-electron chi connectivity index (χ3n) is 5.61. The number of hydrogen-bond donors (Lipinski definition) is 1. The predicted octanol–water partition coefficient (Wildman–Crippen LogP) is 1.86. The number of fused-ring (bicyclic) bond motifs is 3. The molecule has 3 aliphatic heterocycles. The largest absolute Gasteiger partial charge is 0.347 e. The third kappa shape index (κ3) is 2.84. The Balaban J connectivity index is 1.54. The van der Waals surface area contributed by atoms with Gasteiger partial charge in [0.1, 0.15) is 5.69 Å². The van der Waals surface area contributed by atoms with Gasteiger partial charge in [-0.05, 0) is 62.0 Å². The fraction of sp³-hybridized carbons (Fsp3) is 0.474. The molecule has 0 aromatic carbocycles. The van der Waals surface area contributed by atoms with Gasteiger partial charge in [-0.2, -0.15) is 0 Å². The summed E-state index contributed by atoms with van der Waals surface area (Å²) in [5.74, 6) is 0.623. The van der Waals surface area contributed by atoms with Gasteiger partial charge in [0.25, 0.3) is 5.91 Å². The zero-order chi connectivity index (χ0) is 16.5. The molecule has 2 aromatic rings. The lowest BCUT2D eigenvalue weighted by Crippen LogP contribution is -2.64. The van der Waals surface area contributed by atoms with Gasteiger partial charge in [0.15, 0.2) is 0 Å². The Morgan fingerprint density at radius 2 is 2.12 bits per heavy atom. The average Bonchev–Trinajstić information content (AvgIpc) is 3.05. The molecule has 0 spiro atoms. The van der Waals surface area contributed by atoms with Crippen LogP contribution in [0.1, 0.15) is 28.9 Å². The van der Waals surface area contributed by atoms with Crippen LogP contribution >= 0.6 is 0 Å². The minimum Gasteiger partial charge on any atom is -0.347 e. The standard InChI is InChI=1S/C19H24N4O/c1-22-9-3-5-16(22)19(24)21-18-15-6-10-23(11-7-15)17(18)12-14-4-2-8-20-13-14/h2-5,8-9,13,15,17-18H,6-7,10-12H2,1H3,(H,21,24). The first kappa shape index (κ1) is 15.4. The molecule has 5 heteroatoms. The Hall–Kier alpha value is -2.14. The maximum atomic E-state index is 12.7. The minimum absolute atomic E-state index is 0.0393. The van der Waals surface area contributed by atoms with Crippen LogP contribution in [0.3, 0.4) is 0 Å². The van der Waals surface area contributed by atoms with E-state index in [2.05, 4.69) is 21.3 Å². The van der Waals surface area contributed by atoms with E-state index in [1.54, 1.807) is 0 Å². The van der Waals surface area contributed by atoms with Crippen molar-refractivity contribution in [1.29, 1.82) is 0 Å². The van der Waals surface area contributed by atoms with Crippen molar-refractivity contribution in [2.75, 3.05) is 13.1 Å². The van der Waals surface area contributed by atoms with Gasteiger partial charge in [-0.15, -0.1) is 0 Å². The molecule has 126 valence electrons. The lowest BCUT2D eigenvalue weighted by molar-refractivity contribution is 0.0134. The van der Waals surface area contributed by atoms with Crippen LogP contribution in [0.4, 0.5) is 0 Å². The van der Waals surface area contributed by atoms with E-state index in [4.69, 9.17) is 0 Å². The molecule has 2 atom stereocenters. The number of nitrogens with one attached hydrogen (secondary N) is 1. The summed E-state index contributed by atoms with van der Waals surface area (Å²) >= 11 is 0. The van der Waals surface area contributed by atoms with Crippen LogP contribution in [0.25, 0.3) is 0 Å². The Bertz CT molecular complexity index is 703. The van der Waals surface area contributed by atoms with Crippen molar-refractivity contribution in [1.82, 2.24) is 19.8 Å². The highest BCUT2D eigenvalue weighted by molar-refractivity contribution is 5.93. The number of aromatic nitrogens is 2. The summed E-state index contributed by atoms with van der Waals surface area (Å²) in [4.78, 5) is 19.5. The Morgan fingerprint density at radius 3 is 2.79 bits per heavy atom. The van der Waals surface area contributed by atoms with Crippen molar-refractivity contribution in [3.63, 3.8) is 0 Å². The number of amides is 1. The van der Waals surface area contributed by atoms with E-state index in [1.165, 1.54) is 18.4 Å². The first-order valence-corrected chi connectivity index (χ1v) is 8.77. The highest BCUT2D eigenvalue weighted by Crippen LogP contribution is 2.34. The minimum atomic E-state index is 0.0393. The Labute approximate surface area is 142 Å². The monoisotopic (exact) mass is 324 g/mol. The van der Waals surface area contributed by atoms with Gasteiger partial charge in [0, 0.05) is 37.7 Å². The highest BCUT2D eigenvalue weighted by atomic mass is 16.2. The molecular weight excluding hydrogens is 300 g/mol. The quantitative estimate of drug-likeness (QED) is 0.934. The average molecular weight is 324 g/mol. The molecule has 3 aliphatic rings. The number of aryl methyl sites for hydroxylation is 1. The first-order valence-electron chi connectivity index (χ1n) is 8.77. The molecule has 0 aliphatic carbocycles. The Kier molecular flexibility index (Phi) is 4.10. The highest BCUT2D eigenvalue weighted by Gasteiger charge is 2.42. The lowest BCUT2D eigenvalue weighted by atomic mass is 9.76. The van der Waals surface area contributed by atoms with E-state index in [9.17, 15) is 4.79 Å². The second-order valence-corrected chi connectivity index (χ2v) is 7.01. The fourth-order valence-electron chi connectivity index (χ4n) is 4.30. The number of carbonyl (C=O) groups excluding carboxylic acids is 1. The van der Waals surface area contributed by atoms with Gasteiger partial charge >= 0.3 is 0 Å². The van der Waals surface area contributed by atoms with Crippen LogP contribution in [0.5, 0.6) is 0 Å². The van der Waals surface area contributed by atoms with E-state index >= 15 is 0 Å². The summed E-state index contributed by atoms with van der Waals surface area (Å²) in [6.45, 7) is 2.29. The molecule has 5 heterocycles. The van der Waals surface area contributed by atoms with Crippen LogP contribution in [-0.4, -0.2) is 45.5 Å². The first-order chi connectivity index (χ1) is 11.7. The predicted molar refractivity (Wildman–Crippen MR) is 92.7 cm³/mol. The van der Waals surface area contributed by atoms with Crippen molar-refractivity contribution in [3.05, 3.63) is 54.1 Å². The summed E-state index contributed by atoms with van der Waals surface area (Å²) < 4.78 is 1.88. The van der Waals surface area contributed by atoms with Crippen molar-refractivity contribution in [2.24, 2.45) is 13.0 Å². The van der Waals surface area contributed by atoms with Crippen LogP contribution < -0.4 is 5.32 Å². The summed E-state index contributed by atoms with van der Waals surface area (Å²) in [5.41, 5.74) is 1.97. The van der Waals surface area contributed by atoms with Gasteiger partial charge in [0.05, 0.1) is 0 Å². The van der Waals surface area contributed by atoms with Gasteiger partial charge in [-0.25, -0.2) is 0 Å². The summed E-state index contributed by atoms with van der Waals surface area (Å²) in [6.07, 6.45) is 8.98. The second kappa shape index (κ2) is 6.40. The number of carbonyl (C=O) groups is 1. The number of pyridine rings is 1. The van der Waals surface area contributed by atoms with Crippen LogP contribution in [0, 0.1) is 5.92 Å². The number of piperidine rings is 3. The van der Waals surface area contributed by atoms with Crippen LogP contribution in [-0.2, 0) is 13.5 Å². The molecule has 5 rings (SSSR count). The normalized spacial score (nSPS) is 28.7. The zero-order valence-electron chi connectivity index (χ0n) is 14.1. The molecule has 5 nitrogen and oxygen atoms in total. The molecule has 1 N–H and O–H groups in total. The summed E-state index contributed by atoms with van der Waals surface area (Å²) in [7, 11) is 1.92. The smallest absolute Gasteiger partial charge is 0.268 e. The SMILES string of the molecule is Cn1cccc1C(=O)NC1C2CCN(CC2)C1Cc1cccnc1. The third-order valence-corrected chi connectivity index (χ3v) is 5.61. The number of hydrogen-bond acceptors (Lipinski definition) is 3. The second-order valence-electron chi connectivity index (χ2n) is 7.01. The van der Waals surface area contributed by atoms with Crippen LogP contribution in [0.2, 0.25) is 0 Å². The van der Waals surface area contributed by atoms with Gasteiger partial charge in [-0.3, -0.25) is 14.7 Å². The molecule has 24 heavy (non-hydrogen) atoms. The summed E-state index contributed by atoms with van der Waals surface area (Å²) in [6, 6.07) is 8.50. The van der Waals surface area contributed by atoms with Gasteiger partial charge in [-0.1, -0.05) is 6.07 Å². The van der Waals surface area contributed by atoms with E-state index in [-0.39, 0.29) is 11.9 Å². The van der Waals surface area contributed by atoms with E-state index in [0.717, 1.165) is 25.2 Å². The van der Waals surface area contributed by atoms with Crippen molar-refractivity contribution in [2.45, 2.75) is 31.3 Å². The summed E-state index contributed by atoms with van der Waals surface area (Å²) in [5, 5.41) is 3.34. The maximum absolute atomic E-state index is 12.7. The molecule has 3 fully saturated rings. The molecule has 2 unspecified atom stereocenters. The molecule has 0 saturated carbocycles. The van der Waals surface area contributed by atoms with E-state index < -0.39 is 0 Å². The van der Waals surface area contributed by atoms with Crippen LogP contribution in [0.15, 0.2) is 42.9 Å². The zero-order valence-corrected chi connectivity index (χ0v) is 14.1. The molecule has 1 amide bonds. The van der Waals surface area contributed by atoms with Crippen molar-refractivity contribution < 1.29 is 4.79 Å². The molecule has 3 saturated heterocycles. The molecule has 2 aromatic heterocycles. The molecule has 2 bridgehead atoms. The molecular formula is C19H24N4O. The van der Waals surface area contributed by atoms with Gasteiger partial charge < -0.3 is 9.88 Å².